The molecule has 1 amide bonds. The van der Waals surface area contributed by atoms with Crippen LogP contribution in [0.4, 0.5) is 0 Å². The Morgan fingerprint density at radius 1 is 1.50 bits per heavy atom. The Bertz CT molecular complexity index is 495. The molecular weight excluding hydrogens is 230 g/mol. The number of hydrogen-bond acceptors (Lipinski definition) is 3. The summed E-state index contributed by atoms with van der Waals surface area (Å²) < 4.78 is 0. The first-order valence-corrected chi connectivity index (χ1v) is 6.25. The predicted molar refractivity (Wildman–Crippen MR) is 69.8 cm³/mol. The van der Waals surface area contributed by atoms with E-state index in [4.69, 9.17) is 0 Å². The van der Waals surface area contributed by atoms with Crippen molar-refractivity contribution < 1.29 is 4.79 Å². The summed E-state index contributed by atoms with van der Waals surface area (Å²) in [5.41, 5.74) is 0.624. The summed E-state index contributed by atoms with van der Waals surface area (Å²) >= 11 is 0. The standard InChI is InChI=1S/C13H19N3O2/c1-9-5-6-11(12(17)14-9)13(18)15-10-4-3-7-16(2)8-10/h5-6,10H,3-4,7-8H2,1-2H3,(H,14,17)(H,15,18)/t10-/m0/s1. The third kappa shape index (κ3) is 2.98. The number of aryl methyl sites for hydroxylation is 1. The Morgan fingerprint density at radius 2 is 2.28 bits per heavy atom. The summed E-state index contributed by atoms with van der Waals surface area (Å²) in [7, 11) is 2.04. The summed E-state index contributed by atoms with van der Waals surface area (Å²) in [5.74, 6) is -0.281. The fourth-order valence-corrected chi connectivity index (χ4v) is 2.30. The monoisotopic (exact) mass is 249 g/mol. The van der Waals surface area contributed by atoms with Gasteiger partial charge in [-0.2, -0.15) is 0 Å². The molecule has 1 aromatic heterocycles. The van der Waals surface area contributed by atoms with E-state index in [2.05, 4.69) is 15.2 Å². The van der Waals surface area contributed by atoms with Crippen LogP contribution in [0.25, 0.3) is 0 Å². The number of pyridine rings is 1. The van der Waals surface area contributed by atoms with E-state index < -0.39 is 0 Å². The van der Waals surface area contributed by atoms with E-state index in [0.29, 0.717) is 0 Å². The molecule has 2 N–H and O–H groups in total. The fraction of sp³-hybridized carbons (Fsp3) is 0.538. The SMILES string of the molecule is Cc1ccc(C(=O)N[C@H]2CCCN(C)C2)c(=O)[nH]1. The van der Waals surface area contributed by atoms with Crippen LogP contribution in [-0.2, 0) is 0 Å². The van der Waals surface area contributed by atoms with Gasteiger partial charge in [0.2, 0.25) is 0 Å². The number of aromatic nitrogens is 1. The Labute approximate surface area is 106 Å². The van der Waals surface area contributed by atoms with Crippen molar-refractivity contribution in [3.8, 4) is 0 Å². The number of rotatable bonds is 2. The summed E-state index contributed by atoms with van der Waals surface area (Å²) in [6, 6.07) is 3.45. The number of aromatic amines is 1. The molecule has 1 aliphatic heterocycles. The third-order valence-corrected chi connectivity index (χ3v) is 3.26. The van der Waals surface area contributed by atoms with Crippen LogP contribution in [0.3, 0.4) is 0 Å². The zero-order chi connectivity index (χ0) is 13.1. The van der Waals surface area contributed by atoms with Crippen LogP contribution in [-0.4, -0.2) is 42.0 Å². The maximum atomic E-state index is 12.0. The highest BCUT2D eigenvalue weighted by Gasteiger charge is 2.20. The van der Waals surface area contributed by atoms with Crippen molar-refractivity contribution in [1.82, 2.24) is 15.2 Å². The molecule has 0 aromatic carbocycles. The fourth-order valence-electron chi connectivity index (χ4n) is 2.30. The molecule has 1 aliphatic rings. The van der Waals surface area contributed by atoms with Crippen LogP contribution in [0.15, 0.2) is 16.9 Å². The lowest BCUT2D eigenvalue weighted by Crippen LogP contribution is -2.47. The van der Waals surface area contributed by atoms with Gasteiger partial charge in [-0.15, -0.1) is 0 Å². The van der Waals surface area contributed by atoms with E-state index in [1.807, 2.05) is 7.05 Å². The van der Waals surface area contributed by atoms with E-state index in [-0.39, 0.29) is 23.1 Å². The minimum Gasteiger partial charge on any atom is -0.348 e. The third-order valence-electron chi connectivity index (χ3n) is 3.26. The lowest BCUT2D eigenvalue weighted by Gasteiger charge is -2.30. The highest BCUT2D eigenvalue weighted by molar-refractivity contribution is 5.94. The Hall–Kier alpha value is -1.62. The first-order valence-electron chi connectivity index (χ1n) is 6.25. The molecule has 5 heteroatoms. The molecule has 1 aromatic rings. The molecule has 2 rings (SSSR count). The van der Waals surface area contributed by atoms with Crippen LogP contribution >= 0.6 is 0 Å². The Kier molecular flexibility index (Phi) is 3.81. The molecule has 0 saturated carbocycles. The van der Waals surface area contributed by atoms with Crippen molar-refractivity contribution in [3.63, 3.8) is 0 Å². The van der Waals surface area contributed by atoms with Crippen molar-refractivity contribution >= 4 is 5.91 Å². The van der Waals surface area contributed by atoms with Gasteiger partial charge >= 0.3 is 0 Å². The van der Waals surface area contributed by atoms with Crippen molar-refractivity contribution in [2.45, 2.75) is 25.8 Å². The molecule has 2 heterocycles. The van der Waals surface area contributed by atoms with Crippen LogP contribution in [0.1, 0.15) is 28.9 Å². The molecule has 0 aliphatic carbocycles. The van der Waals surface area contributed by atoms with E-state index in [1.165, 1.54) is 0 Å². The molecule has 1 saturated heterocycles. The second-order valence-electron chi connectivity index (χ2n) is 4.96. The first kappa shape index (κ1) is 12.8. The summed E-state index contributed by atoms with van der Waals surface area (Å²) in [5, 5.41) is 2.93. The Morgan fingerprint density at radius 3 is 2.94 bits per heavy atom. The number of carbonyl (C=O) groups excluding carboxylic acids is 1. The van der Waals surface area contributed by atoms with E-state index >= 15 is 0 Å². The smallest absolute Gasteiger partial charge is 0.260 e. The summed E-state index contributed by atoms with van der Waals surface area (Å²) in [6.07, 6.45) is 2.05. The normalized spacial score (nSPS) is 20.7. The van der Waals surface area contributed by atoms with Crippen LogP contribution in [0.5, 0.6) is 0 Å². The largest absolute Gasteiger partial charge is 0.348 e. The lowest BCUT2D eigenvalue weighted by atomic mass is 10.1. The average molecular weight is 249 g/mol. The number of likely N-dealkylation sites (tertiary alicyclic amines) is 1. The summed E-state index contributed by atoms with van der Waals surface area (Å²) in [4.78, 5) is 28.5. The maximum Gasteiger partial charge on any atom is 0.260 e. The predicted octanol–water partition coefficient (Wildman–Crippen LogP) is 0.507. The van der Waals surface area contributed by atoms with Crippen LogP contribution < -0.4 is 10.9 Å². The molecule has 18 heavy (non-hydrogen) atoms. The minimum absolute atomic E-state index is 0.136. The number of amides is 1. The van der Waals surface area contributed by atoms with E-state index in [0.717, 1.165) is 31.6 Å². The zero-order valence-corrected chi connectivity index (χ0v) is 10.8. The summed E-state index contributed by atoms with van der Waals surface area (Å²) in [6.45, 7) is 3.70. The molecule has 0 unspecified atom stereocenters. The maximum absolute atomic E-state index is 12.0. The molecule has 1 atom stereocenters. The quantitative estimate of drug-likeness (QED) is 0.802. The molecule has 0 radical (unpaired) electrons. The number of H-pyrrole nitrogens is 1. The first-order chi connectivity index (χ1) is 8.56. The van der Waals surface area contributed by atoms with Crippen molar-refractivity contribution in [1.29, 1.82) is 0 Å². The van der Waals surface area contributed by atoms with Gasteiger partial charge in [0.1, 0.15) is 5.56 Å². The van der Waals surface area contributed by atoms with Gasteiger partial charge in [0.25, 0.3) is 11.5 Å². The van der Waals surface area contributed by atoms with Gasteiger partial charge in [-0.3, -0.25) is 9.59 Å². The number of carbonyl (C=O) groups is 1. The molecule has 5 nitrogen and oxygen atoms in total. The topological polar surface area (TPSA) is 65.2 Å². The van der Waals surface area contributed by atoms with Gasteiger partial charge in [0.15, 0.2) is 0 Å². The number of piperidine rings is 1. The van der Waals surface area contributed by atoms with Gasteiger partial charge < -0.3 is 15.2 Å². The zero-order valence-electron chi connectivity index (χ0n) is 10.8. The van der Waals surface area contributed by atoms with Crippen molar-refractivity contribution in [3.05, 3.63) is 33.7 Å². The van der Waals surface area contributed by atoms with Crippen LogP contribution in [0, 0.1) is 6.92 Å². The van der Waals surface area contributed by atoms with Gasteiger partial charge in [0.05, 0.1) is 0 Å². The molecule has 98 valence electrons. The highest BCUT2D eigenvalue weighted by atomic mass is 16.2. The molecule has 0 spiro atoms. The number of nitrogens with one attached hydrogen (secondary N) is 2. The van der Waals surface area contributed by atoms with Gasteiger partial charge in [-0.05, 0) is 45.5 Å². The van der Waals surface area contributed by atoms with Crippen LogP contribution in [0.2, 0.25) is 0 Å². The molecular formula is C13H19N3O2. The highest BCUT2D eigenvalue weighted by Crippen LogP contribution is 2.08. The van der Waals surface area contributed by atoms with Gasteiger partial charge in [-0.1, -0.05) is 0 Å². The number of likely N-dealkylation sites (N-methyl/N-ethyl adjacent to an activating group) is 1. The van der Waals surface area contributed by atoms with E-state index in [9.17, 15) is 9.59 Å². The average Bonchev–Trinajstić information content (AvgIpc) is 2.28. The van der Waals surface area contributed by atoms with E-state index in [1.54, 1.807) is 19.1 Å². The lowest BCUT2D eigenvalue weighted by molar-refractivity contribution is 0.0911. The molecule has 1 fully saturated rings. The van der Waals surface area contributed by atoms with Gasteiger partial charge in [-0.25, -0.2) is 0 Å². The second-order valence-corrected chi connectivity index (χ2v) is 4.96. The Balaban J connectivity index is 2.05. The number of nitrogens with zero attached hydrogens (tertiary/aromatic N) is 1. The second kappa shape index (κ2) is 5.35. The van der Waals surface area contributed by atoms with Gasteiger partial charge in [0, 0.05) is 18.3 Å². The minimum atomic E-state index is -0.323. The number of hydrogen-bond donors (Lipinski definition) is 2. The molecule has 0 bridgehead atoms. The van der Waals surface area contributed by atoms with Crippen molar-refractivity contribution in [2.24, 2.45) is 0 Å². The van der Waals surface area contributed by atoms with Crippen molar-refractivity contribution in [2.75, 3.05) is 20.1 Å².